The number of amides is 1. The summed E-state index contributed by atoms with van der Waals surface area (Å²) in [5.41, 5.74) is 6.09. The van der Waals surface area contributed by atoms with E-state index in [1.54, 1.807) is 0 Å². The van der Waals surface area contributed by atoms with Crippen molar-refractivity contribution in [3.63, 3.8) is 0 Å². The second-order valence-corrected chi connectivity index (χ2v) is 4.30. The largest absolute Gasteiger partial charge is 0.349 e. The predicted molar refractivity (Wildman–Crippen MR) is 67.4 cm³/mol. The van der Waals surface area contributed by atoms with Gasteiger partial charge in [-0.15, -0.1) is 0 Å². The van der Waals surface area contributed by atoms with Gasteiger partial charge in [0.25, 0.3) is 5.91 Å². The first-order valence-corrected chi connectivity index (χ1v) is 6.00. The lowest BCUT2D eigenvalue weighted by Gasteiger charge is -2.26. The minimum Gasteiger partial charge on any atom is -0.349 e. The molecule has 94 valence electrons. The first-order valence-electron chi connectivity index (χ1n) is 6.00. The summed E-state index contributed by atoms with van der Waals surface area (Å²) in [7, 11) is 0. The number of rotatable bonds is 2. The number of carbonyl (C=O) groups is 1. The summed E-state index contributed by atoms with van der Waals surface area (Å²) in [6.45, 7) is 0.209. The zero-order valence-corrected chi connectivity index (χ0v) is 10.0. The Hall–Kier alpha value is -1.86. The maximum absolute atomic E-state index is 13.2. The van der Waals surface area contributed by atoms with Crippen LogP contribution in [0.1, 0.15) is 35.2 Å². The quantitative estimate of drug-likeness (QED) is 0.775. The van der Waals surface area contributed by atoms with Gasteiger partial charge in [-0.1, -0.05) is 11.8 Å². The molecule has 1 aromatic carbocycles. The molecule has 2 rings (SSSR count). The molecule has 0 aromatic heterocycles. The van der Waals surface area contributed by atoms with Crippen molar-refractivity contribution in [1.29, 1.82) is 0 Å². The summed E-state index contributed by atoms with van der Waals surface area (Å²) >= 11 is 0. The Labute approximate surface area is 106 Å². The van der Waals surface area contributed by atoms with E-state index < -0.39 is 5.82 Å². The molecule has 3 nitrogen and oxygen atoms in total. The second kappa shape index (κ2) is 5.65. The third kappa shape index (κ3) is 2.88. The topological polar surface area (TPSA) is 55.1 Å². The van der Waals surface area contributed by atoms with E-state index in [0.717, 1.165) is 19.3 Å². The summed E-state index contributed by atoms with van der Waals surface area (Å²) in [6, 6.07) is 4.24. The van der Waals surface area contributed by atoms with Crippen LogP contribution < -0.4 is 11.1 Å². The Morgan fingerprint density at radius 2 is 2.28 bits per heavy atom. The van der Waals surface area contributed by atoms with Gasteiger partial charge < -0.3 is 11.1 Å². The van der Waals surface area contributed by atoms with Crippen molar-refractivity contribution in [2.45, 2.75) is 25.3 Å². The van der Waals surface area contributed by atoms with E-state index in [1.165, 1.54) is 18.2 Å². The highest BCUT2D eigenvalue weighted by atomic mass is 19.1. The van der Waals surface area contributed by atoms with Gasteiger partial charge in [-0.25, -0.2) is 4.39 Å². The summed E-state index contributed by atoms with van der Waals surface area (Å²) in [6.07, 6.45) is 3.11. The van der Waals surface area contributed by atoms with Crippen molar-refractivity contribution in [2.75, 3.05) is 6.54 Å². The first kappa shape index (κ1) is 12.6. The van der Waals surface area contributed by atoms with Gasteiger partial charge in [0.15, 0.2) is 0 Å². The van der Waals surface area contributed by atoms with E-state index in [1.807, 2.05) is 0 Å². The monoisotopic (exact) mass is 246 g/mol. The van der Waals surface area contributed by atoms with Gasteiger partial charge in [-0.2, -0.15) is 0 Å². The molecule has 4 heteroatoms. The fourth-order valence-electron chi connectivity index (χ4n) is 1.78. The Morgan fingerprint density at radius 3 is 2.89 bits per heavy atom. The molecule has 0 aliphatic heterocycles. The molecule has 1 aromatic rings. The van der Waals surface area contributed by atoms with Crippen LogP contribution >= 0.6 is 0 Å². The molecule has 1 aliphatic rings. The highest BCUT2D eigenvalue weighted by Crippen LogP contribution is 2.19. The van der Waals surface area contributed by atoms with Crippen molar-refractivity contribution >= 4 is 5.91 Å². The average Bonchev–Trinajstić information content (AvgIpc) is 2.32. The summed E-state index contributed by atoms with van der Waals surface area (Å²) in [4.78, 5) is 12.0. The zero-order valence-electron chi connectivity index (χ0n) is 10.0. The van der Waals surface area contributed by atoms with Gasteiger partial charge >= 0.3 is 0 Å². The SMILES string of the molecule is NCC#Cc1ccc(F)cc1C(=O)NC1CCC1. The summed E-state index contributed by atoms with van der Waals surface area (Å²) in [5, 5.41) is 2.87. The number of nitrogens with one attached hydrogen (secondary N) is 1. The van der Waals surface area contributed by atoms with E-state index in [4.69, 9.17) is 5.73 Å². The Morgan fingerprint density at radius 1 is 1.50 bits per heavy atom. The third-order valence-corrected chi connectivity index (χ3v) is 2.99. The van der Waals surface area contributed by atoms with Crippen LogP contribution in [0.3, 0.4) is 0 Å². The van der Waals surface area contributed by atoms with Crippen molar-refractivity contribution in [3.8, 4) is 11.8 Å². The van der Waals surface area contributed by atoms with E-state index in [-0.39, 0.29) is 24.1 Å². The molecule has 1 aliphatic carbocycles. The molecule has 18 heavy (non-hydrogen) atoms. The van der Waals surface area contributed by atoms with Crippen molar-refractivity contribution in [2.24, 2.45) is 5.73 Å². The van der Waals surface area contributed by atoms with Gasteiger partial charge in [-0.05, 0) is 37.5 Å². The van der Waals surface area contributed by atoms with Crippen LogP contribution in [0.4, 0.5) is 4.39 Å². The molecule has 0 radical (unpaired) electrons. The molecular weight excluding hydrogens is 231 g/mol. The summed E-state index contributed by atoms with van der Waals surface area (Å²) < 4.78 is 13.2. The highest BCUT2D eigenvalue weighted by molar-refractivity contribution is 5.97. The van der Waals surface area contributed by atoms with Crippen LogP contribution in [-0.4, -0.2) is 18.5 Å². The maximum atomic E-state index is 13.2. The number of hydrogen-bond donors (Lipinski definition) is 2. The van der Waals surface area contributed by atoms with E-state index in [0.29, 0.717) is 5.56 Å². The minimum absolute atomic E-state index is 0.209. The number of carbonyl (C=O) groups excluding carboxylic acids is 1. The third-order valence-electron chi connectivity index (χ3n) is 2.99. The zero-order chi connectivity index (χ0) is 13.0. The summed E-state index contributed by atoms with van der Waals surface area (Å²) in [5.74, 6) is 4.76. The van der Waals surface area contributed by atoms with Crippen LogP contribution in [0.2, 0.25) is 0 Å². The molecule has 0 unspecified atom stereocenters. The van der Waals surface area contributed by atoms with Crippen molar-refractivity contribution < 1.29 is 9.18 Å². The molecule has 0 heterocycles. The van der Waals surface area contributed by atoms with Gasteiger partial charge in [0.1, 0.15) is 5.82 Å². The van der Waals surface area contributed by atoms with Gasteiger partial charge in [0.05, 0.1) is 12.1 Å². The lowest BCUT2D eigenvalue weighted by molar-refractivity contribution is 0.0916. The van der Waals surface area contributed by atoms with Gasteiger partial charge in [0.2, 0.25) is 0 Å². The standard InChI is InChI=1S/C14H15FN2O/c15-11-7-6-10(3-2-8-16)13(9-11)14(18)17-12-4-1-5-12/h6-7,9,12H,1,4-5,8,16H2,(H,17,18). The Balaban J connectivity index is 2.22. The fraction of sp³-hybridized carbons (Fsp3) is 0.357. The molecule has 1 saturated carbocycles. The molecule has 0 saturated heterocycles. The molecule has 0 atom stereocenters. The Kier molecular flexibility index (Phi) is 3.96. The van der Waals surface area contributed by atoms with Crippen molar-refractivity contribution in [3.05, 3.63) is 35.1 Å². The predicted octanol–water partition coefficient (Wildman–Crippen LogP) is 1.42. The number of halogens is 1. The van der Waals surface area contributed by atoms with Crippen LogP contribution in [-0.2, 0) is 0 Å². The molecule has 0 spiro atoms. The van der Waals surface area contributed by atoms with Gasteiger partial charge in [0, 0.05) is 11.6 Å². The normalized spacial score (nSPS) is 14.3. The van der Waals surface area contributed by atoms with E-state index in [9.17, 15) is 9.18 Å². The number of benzene rings is 1. The number of nitrogens with two attached hydrogens (primary N) is 1. The molecule has 1 amide bonds. The molecule has 0 bridgehead atoms. The maximum Gasteiger partial charge on any atom is 0.252 e. The van der Waals surface area contributed by atoms with Crippen LogP contribution in [0.25, 0.3) is 0 Å². The lowest BCUT2D eigenvalue weighted by atomic mass is 9.92. The average molecular weight is 246 g/mol. The smallest absolute Gasteiger partial charge is 0.252 e. The van der Waals surface area contributed by atoms with Crippen LogP contribution in [0, 0.1) is 17.7 Å². The second-order valence-electron chi connectivity index (χ2n) is 4.30. The molecular formula is C14H15FN2O. The van der Waals surface area contributed by atoms with Crippen molar-refractivity contribution in [1.82, 2.24) is 5.32 Å². The molecule has 3 N–H and O–H groups in total. The molecule has 1 fully saturated rings. The minimum atomic E-state index is -0.438. The van der Waals surface area contributed by atoms with Crippen LogP contribution in [0.15, 0.2) is 18.2 Å². The fourth-order valence-corrected chi connectivity index (χ4v) is 1.78. The highest BCUT2D eigenvalue weighted by Gasteiger charge is 2.21. The van der Waals surface area contributed by atoms with E-state index in [2.05, 4.69) is 17.2 Å². The first-order chi connectivity index (χ1) is 8.70. The number of hydrogen-bond acceptors (Lipinski definition) is 2. The van der Waals surface area contributed by atoms with Gasteiger partial charge in [-0.3, -0.25) is 4.79 Å². The Bertz CT molecular complexity index is 512. The lowest BCUT2D eigenvalue weighted by Crippen LogP contribution is -2.39. The van der Waals surface area contributed by atoms with E-state index >= 15 is 0 Å². The van der Waals surface area contributed by atoms with Crippen LogP contribution in [0.5, 0.6) is 0 Å².